The SMILES string of the molecule is C=C(NC)c1ccc(-c2ccc(CNCc3ccccc3)cn2)s1. The number of nitrogens with one attached hydrogen (secondary N) is 2. The van der Waals surface area contributed by atoms with E-state index < -0.39 is 0 Å². The van der Waals surface area contributed by atoms with Crippen molar-refractivity contribution in [1.82, 2.24) is 15.6 Å². The van der Waals surface area contributed by atoms with Gasteiger partial charge in [-0.1, -0.05) is 43.0 Å². The summed E-state index contributed by atoms with van der Waals surface area (Å²) in [5, 5.41) is 6.53. The molecule has 0 amide bonds. The molecule has 4 heteroatoms. The van der Waals surface area contributed by atoms with E-state index in [0.717, 1.165) is 34.2 Å². The number of nitrogens with zero attached hydrogens (tertiary/aromatic N) is 1. The molecule has 2 heterocycles. The predicted molar refractivity (Wildman–Crippen MR) is 103 cm³/mol. The fraction of sp³-hybridized carbons (Fsp3) is 0.150. The second-order valence-electron chi connectivity index (χ2n) is 5.53. The minimum Gasteiger partial charge on any atom is -0.387 e. The van der Waals surface area contributed by atoms with E-state index >= 15 is 0 Å². The third-order valence-electron chi connectivity index (χ3n) is 3.78. The van der Waals surface area contributed by atoms with Gasteiger partial charge in [-0.25, -0.2) is 0 Å². The van der Waals surface area contributed by atoms with Gasteiger partial charge in [0.25, 0.3) is 0 Å². The summed E-state index contributed by atoms with van der Waals surface area (Å²) >= 11 is 1.70. The molecule has 0 saturated heterocycles. The fourth-order valence-corrected chi connectivity index (χ4v) is 3.34. The third kappa shape index (κ3) is 4.10. The average molecular weight is 335 g/mol. The van der Waals surface area contributed by atoms with E-state index in [1.165, 1.54) is 11.1 Å². The molecule has 3 rings (SSSR count). The van der Waals surface area contributed by atoms with Crippen LogP contribution in [0.3, 0.4) is 0 Å². The highest BCUT2D eigenvalue weighted by Gasteiger charge is 2.06. The highest BCUT2D eigenvalue weighted by Crippen LogP contribution is 2.29. The number of thiophene rings is 1. The molecule has 0 aliphatic rings. The van der Waals surface area contributed by atoms with Crippen LogP contribution in [0.5, 0.6) is 0 Å². The van der Waals surface area contributed by atoms with Gasteiger partial charge in [-0.2, -0.15) is 0 Å². The van der Waals surface area contributed by atoms with Crippen molar-refractivity contribution in [3.05, 3.63) is 83.4 Å². The van der Waals surface area contributed by atoms with Crippen molar-refractivity contribution < 1.29 is 0 Å². The summed E-state index contributed by atoms with van der Waals surface area (Å²) in [6, 6.07) is 18.8. The van der Waals surface area contributed by atoms with Gasteiger partial charge in [0.2, 0.25) is 0 Å². The molecule has 0 radical (unpaired) electrons. The Morgan fingerprint density at radius 1 is 1.00 bits per heavy atom. The molecule has 2 N–H and O–H groups in total. The van der Waals surface area contributed by atoms with Crippen molar-refractivity contribution in [3.8, 4) is 10.6 Å². The van der Waals surface area contributed by atoms with Crippen molar-refractivity contribution in [2.45, 2.75) is 13.1 Å². The second kappa shape index (κ2) is 7.90. The van der Waals surface area contributed by atoms with Crippen LogP contribution in [-0.2, 0) is 13.1 Å². The molecule has 0 spiro atoms. The summed E-state index contributed by atoms with van der Waals surface area (Å²) in [5.41, 5.74) is 4.42. The minimum atomic E-state index is 0.814. The first-order chi connectivity index (χ1) is 11.8. The van der Waals surface area contributed by atoms with E-state index in [1.54, 1.807) is 11.3 Å². The highest BCUT2D eigenvalue weighted by molar-refractivity contribution is 7.16. The van der Waals surface area contributed by atoms with E-state index in [-0.39, 0.29) is 0 Å². The Bertz CT molecular complexity index is 791. The third-order valence-corrected chi connectivity index (χ3v) is 4.95. The Labute approximate surface area is 147 Å². The summed E-state index contributed by atoms with van der Waals surface area (Å²) in [4.78, 5) is 6.89. The van der Waals surface area contributed by atoms with Crippen molar-refractivity contribution in [2.75, 3.05) is 7.05 Å². The largest absolute Gasteiger partial charge is 0.387 e. The molecule has 0 fully saturated rings. The van der Waals surface area contributed by atoms with Gasteiger partial charge in [0.05, 0.1) is 15.4 Å². The smallest absolute Gasteiger partial charge is 0.0802 e. The van der Waals surface area contributed by atoms with Crippen LogP contribution in [0.1, 0.15) is 16.0 Å². The number of hydrogen-bond acceptors (Lipinski definition) is 4. The zero-order chi connectivity index (χ0) is 16.8. The number of pyridine rings is 1. The molecule has 0 atom stereocenters. The molecule has 24 heavy (non-hydrogen) atoms. The van der Waals surface area contributed by atoms with Crippen LogP contribution in [0.15, 0.2) is 67.4 Å². The molecule has 2 aromatic heterocycles. The van der Waals surface area contributed by atoms with E-state index in [1.807, 2.05) is 19.3 Å². The van der Waals surface area contributed by atoms with Crippen LogP contribution >= 0.6 is 11.3 Å². The summed E-state index contributed by atoms with van der Waals surface area (Å²) in [6.07, 6.45) is 1.94. The van der Waals surface area contributed by atoms with Gasteiger partial charge >= 0.3 is 0 Å². The van der Waals surface area contributed by atoms with Gasteiger partial charge in [0, 0.05) is 32.0 Å². The van der Waals surface area contributed by atoms with E-state index in [9.17, 15) is 0 Å². The lowest BCUT2D eigenvalue weighted by Crippen LogP contribution is -2.12. The molecule has 0 aliphatic carbocycles. The van der Waals surface area contributed by atoms with E-state index in [0.29, 0.717) is 0 Å². The molecule has 1 aromatic carbocycles. The Hall–Kier alpha value is -2.43. The average Bonchev–Trinajstić information content (AvgIpc) is 3.13. The summed E-state index contributed by atoms with van der Waals surface area (Å²) < 4.78 is 0. The number of aromatic nitrogens is 1. The molecule has 0 bridgehead atoms. The van der Waals surface area contributed by atoms with Gasteiger partial charge in [-0.3, -0.25) is 4.98 Å². The monoisotopic (exact) mass is 335 g/mol. The Balaban J connectivity index is 1.59. The number of benzene rings is 1. The van der Waals surface area contributed by atoms with Crippen LogP contribution < -0.4 is 10.6 Å². The van der Waals surface area contributed by atoms with E-state index in [2.05, 4.69) is 70.7 Å². The zero-order valence-corrected chi connectivity index (χ0v) is 14.6. The fourth-order valence-electron chi connectivity index (χ4n) is 2.38. The highest BCUT2D eigenvalue weighted by atomic mass is 32.1. The standard InChI is InChI=1S/C20H21N3S/c1-15(21-2)19-10-11-20(24-19)18-9-8-17(14-23-18)13-22-12-16-6-4-3-5-7-16/h3-11,14,21-22H,1,12-13H2,2H3. The first-order valence-electron chi connectivity index (χ1n) is 7.93. The lowest BCUT2D eigenvalue weighted by atomic mass is 10.2. The maximum atomic E-state index is 4.59. The molecule has 0 unspecified atom stereocenters. The maximum absolute atomic E-state index is 4.59. The Morgan fingerprint density at radius 2 is 1.79 bits per heavy atom. The van der Waals surface area contributed by atoms with Crippen molar-refractivity contribution in [2.24, 2.45) is 0 Å². The Morgan fingerprint density at radius 3 is 2.50 bits per heavy atom. The van der Waals surface area contributed by atoms with Crippen LogP contribution in [0, 0.1) is 0 Å². The van der Waals surface area contributed by atoms with Crippen LogP contribution in [-0.4, -0.2) is 12.0 Å². The summed E-state index contributed by atoms with van der Waals surface area (Å²) in [7, 11) is 1.89. The molecule has 0 saturated carbocycles. The van der Waals surface area contributed by atoms with Crippen LogP contribution in [0.4, 0.5) is 0 Å². The minimum absolute atomic E-state index is 0.814. The van der Waals surface area contributed by atoms with Crippen LogP contribution in [0.2, 0.25) is 0 Å². The van der Waals surface area contributed by atoms with Crippen molar-refractivity contribution in [1.29, 1.82) is 0 Å². The predicted octanol–water partition coefficient (Wildman–Crippen LogP) is 4.29. The molecule has 0 aliphatic heterocycles. The van der Waals surface area contributed by atoms with Gasteiger partial charge in [0.15, 0.2) is 0 Å². The molecular formula is C20H21N3S. The lowest BCUT2D eigenvalue weighted by Gasteiger charge is -2.05. The van der Waals surface area contributed by atoms with Crippen LogP contribution in [0.25, 0.3) is 16.3 Å². The first-order valence-corrected chi connectivity index (χ1v) is 8.75. The van der Waals surface area contributed by atoms with Gasteiger partial charge in [-0.05, 0) is 29.3 Å². The first kappa shape index (κ1) is 16.4. The lowest BCUT2D eigenvalue weighted by molar-refractivity contribution is 0.691. The summed E-state index contributed by atoms with van der Waals surface area (Å²) in [6.45, 7) is 5.67. The summed E-state index contributed by atoms with van der Waals surface area (Å²) in [5.74, 6) is 0. The number of rotatable bonds is 7. The molecule has 3 nitrogen and oxygen atoms in total. The van der Waals surface area contributed by atoms with Gasteiger partial charge in [-0.15, -0.1) is 11.3 Å². The van der Waals surface area contributed by atoms with E-state index in [4.69, 9.17) is 0 Å². The Kier molecular flexibility index (Phi) is 5.41. The maximum Gasteiger partial charge on any atom is 0.0802 e. The zero-order valence-electron chi connectivity index (χ0n) is 13.8. The van der Waals surface area contributed by atoms with Gasteiger partial charge < -0.3 is 10.6 Å². The molecular weight excluding hydrogens is 314 g/mol. The second-order valence-corrected chi connectivity index (χ2v) is 6.62. The number of hydrogen-bond donors (Lipinski definition) is 2. The topological polar surface area (TPSA) is 37.0 Å². The van der Waals surface area contributed by atoms with Crippen molar-refractivity contribution in [3.63, 3.8) is 0 Å². The quantitative estimate of drug-likeness (QED) is 0.676. The van der Waals surface area contributed by atoms with Gasteiger partial charge in [0.1, 0.15) is 0 Å². The molecule has 122 valence electrons. The van der Waals surface area contributed by atoms with Crippen molar-refractivity contribution >= 4 is 17.0 Å². The normalized spacial score (nSPS) is 10.5. The molecule has 3 aromatic rings.